The van der Waals surface area contributed by atoms with Gasteiger partial charge in [0.1, 0.15) is 18.4 Å². The van der Waals surface area contributed by atoms with Gasteiger partial charge in [-0.3, -0.25) is 9.59 Å². The van der Waals surface area contributed by atoms with E-state index in [0.717, 1.165) is 5.56 Å². The summed E-state index contributed by atoms with van der Waals surface area (Å²) >= 11 is 0. The van der Waals surface area contributed by atoms with Gasteiger partial charge in [0.2, 0.25) is 5.82 Å². The molecule has 30 heavy (non-hydrogen) atoms. The number of fused-ring (bicyclic) bond motifs is 2. The average molecular weight is 407 g/mol. The maximum Gasteiger partial charge on any atom is 0.291 e. The van der Waals surface area contributed by atoms with E-state index in [9.17, 15) is 14.0 Å². The number of para-hydroxylation sites is 2. The fraction of sp³-hybridized carbons (Fsp3) is 0.238. The second kappa shape index (κ2) is 7.25. The molecule has 0 radical (unpaired) electrons. The number of nitrogens with zero attached hydrogens (tertiary/aromatic N) is 3. The van der Waals surface area contributed by atoms with Gasteiger partial charge in [-0.1, -0.05) is 42.5 Å². The van der Waals surface area contributed by atoms with Crippen molar-refractivity contribution in [2.75, 3.05) is 11.9 Å². The molecule has 0 spiro atoms. The largest absolute Gasteiger partial charge is 0.489 e. The van der Waals surface area contributed by atoms with Crippen LogP contribution in [0.5, 0.6) is 5.75 Å². The Balaban J connectivity index is 1.34. The molecule has 3 aromatic rings. The van der Waals surface area contributed by atoms with Gasteiger partial charge < -0.3 is 15.4 Å². The SMILES string of the molecule is O=C(N[C@H]1COc2ccccc2NC1=O)c1nc2n(n1)[C@H](c1ccccc1)C[C@H]2F. The molecule has 0 unspecified atom stereocenters. The van der Waals surface area contributed by atoms with Gasteiger partial charge in [0.15, 0.2) is 12.0 Å². The number of benzene rings is 2. The molecule has 2 aromatic carbocycles. The summed E-state index contributed by atoms with van der Waals surface area (Å²) in [6, 6.07) is 15.1. The van der Waals surface area contributed by atoms with Crippen molar-refractivity contribution in [1.82, 2.24) is 20.1 Å². The molecule has 1 aromatic heterocycles. The van der Waals surface area contributed by atoms with Crippen molar-refractivity contribution in [3.05, 3.63) is 71.8 Å². The maximum absolute atomic E-state index is 14.5. The molecular weight excluding hydrogens is 389 g/mol. The molecule has 2 aliphatic heterocycles. The highest BCUT2D eigenvalue weighted by atomic mass is 19.1. The Kier molecular flexibility index (Phi) is 4.42. The molecule has 2 amide bonds. The fourth-order valence-electron chi connectivity index (χ4n) is 3.72. The second-order valence-electron chi connectivity index (χ2n) is 7.19. The number of alkyl halides is 1. The van der Waals surface area contributed by atoms with E-state index in [-0.39, 0.29) is 30.7 Å². The number of hydrogen-bond acceptors (Lipinski definition) is 5. The smallest absolute Gasteiger partial charge is 0.291 e. The maximum atomic E-state index is 14.5. The number of amides is 2. The number of aromatic nitrogens is 3. The highest BCUT2D eigenvalue weighted by Crippen LogP contribution is 2.39. The standard InChI is InChI=1S/C21H18FN5O3/c22-13-10-16(12-6-2-1-3-7-12)27-19(13)25-18(26-27)21(29)24-15-11-30-17-9-5-4-8-14(17)23-20(15)28/h1-9,13,15-16H,10-11H2,(H,23,28)(H,24,29)/t13-,15+,16+/m1/s1. The minimum absolute atomic E-state index is 0.0411. The lowest BCUT2D eigenvalue weighted by atomic mass is 10.0. The van der Waals surface area contributed by atoms with Crippen LogP contribution in [0.2, 0.25) is 0 Å². The molecule has 2 N–H and O–H groups in total. The Morgan fingerprint density at radius 1 is 1.17 bits per heavy atom. The molecule has 0 aliphatic carbocycles. The molecule has 0 saturated carbocycles. The topological polar surface area (TPSA) is 98.1 Å². The van der Waals surface area contributed by atoms with Crippen molar-refractivity contribution in [2.45, 2.75) is 24.7 Å². The first-order valence-corrected chi connectivity index (χ1v) is 9.59. The van der Waals surface area contributed by atoms with Gasteiger partial charge in [-0.25, -0.2) is 14.1 Å². The number of nitrogens with one attached hydrogen (secondary N) is 2. The monoisotopic (exact) mass is 407 g/mol. The van der Waals surface area contributed by atoms with Crippen LogP contribution in [0.15, 0.2) is 54.6 Å². The van der Waals surface area contributed by atoms with Crippen molar-refractivity contribution in [1.29, 1.82) is 0 Å². The lowest BCUT2D eigenvalue weighted by Gasteiger charge is -2.14. The van der Waals surface area contributed by atoms with Crippen LogP contribution in [0.3, 0.4) is 0 Å². The number of hydrogen-bond donors (Lipinski definition) is 2. The van der Waals surface area contributed by atoms with Crippen LogP contribution in [-0.4, -0.2) is 39.2 Å². The summed E-state index contributed by atoms with van der Waals surface area (Å²) in [4.78, 5) is 29.2. The first kappa shape index (κ1) is 18.3. The Morgan fingerprint density at radius 3 is 2.77 bits per heavy atom. The van der Waals surface area contributed by atoms with Crippen LogP contribution in [0, 0.1) is 0 Å². The molecule has 9 heteroatoms. The highest BCUT2D eigenvalue weighted by molar-refractivity contribution is 6.01. The van der Waals surface area contributed by atoms with Gasteiger partial charge in [0.05, 0.1) is 11.7 Å². The Bertz CT molecular complexity index is 1120. The molecule has 152 valence electrons. The molecule has 8 nitrogen and oxygen atoms in total. The molecule has 0 bridgehead atoms. The first-order valence-electron chi connectivity index (χ1n) is 9.59. The molecule has 0 saturated heterocycles. The van der Waals surface area contributed by atoms with Crippen LogP contribution in [0.1, 0.15) is 40.6 Å². The van der Waals surface area contributed by atoms with Crippen molar-refractivity contribution in [2.24, 2.45) is 0 Å². The molecule has 3 heterocycles. The predicted molar refractivity (Wildman–Crippen MR) is 105 cm³/mol. The van der Waals surface area contributed by atoms with Crippen molar-refractivity contribution in [3.63, 3.8) is 0 Å². The van der Waals surface area contributed by atoms with E-state index in [1.54, 1.807) is 24.3 Å². The summed E-state index contributed by atoms with van der Waals surface area (Å²) in [5.41, 5.74) is 1.43. The van der Waals surface area contributed by atoms with Crippen molar-refractivity contribution >= 4 is 17.5 Å². The Hall–Kier alpha value is -3.75. The summed E-state index contributed by atoms with van der Waals surface area (Å²) in [5.74, 6) is -0.616. The minimum Gasteiger partial charge on any atom is -0.489 e. The highest BCUT2D eigenvalue weighted by Gasteiger charge is 2.37. The number of ether oxygens (including phenoxy) is 1. The van der Waals surface area contributed by atoms with E-state index in [2.05, 4.69) is 20.7 Å². The van der Waals surface area contributed by atoms with E-state index in [1.807, 2.05) is 30.3 Å². The third-order valence-electron chi connectivity index (χ3n) is 5.22. The van der Waals surface area contributed by atoms with Gasteiger partial charge >= 0.3 is 0 Å². The zero-order valence-corrected chi connectivity index (χ0v) is 15.8. The second-order valence-corrected chi connectivity index (χ2v) is 7.19. The van der Waals surface area contributed by atoms with Gasteiger partial charge in [0.25, 0.3) is 11.8 Å². The number of rotatable bonds is 3. The normalized spacial score (nSPS) is 22.3. The number of carbonyl (C=O) groups is 2. The van der Waals surface area contributed by atoms with Crippen LogP contribution in [-0.2, 0) is 4.79 Å². The van der Waals surface area contributed by atoms with Crippen LogP contribution in [0.25, 0.3) is 0 Å². The van der Waals surface area contributed by atoms with Gasteiger partial charge in [-0.2, -0.15) is 0 Å². The zero-order valence-electron chi connectivity index (χ0n) is 15.8. The fourth-order valence-corrected chi connectivity index (χ4v) is 3.72. The molecule has 0 fully saturated rings. The molecule has 2 aliphatic rings. The summed E-state index contributed by atoms with van der Waals surface area (Å²) in [6.07, 6.45) is -1.10. The van der Waals surface area contributed by atoms with Gasteiger partial charge in [-0.15, -0.1) is 5.10 Å². The third-order valence-corrected chi connectivity index (χ3v) is 5.22. The van der Waals surface area contributed by atoms with Crippen molar-refractivity contribution in [3.8, 4) is 5.75 Å². The van der Waals surface area contributed by atoms with E-state index in [0.29, 0.717) is 11.4 Å². The van der Waals surface area contributed by atoms with Gasteiger partial charge in [0, 0.05) is 6.42 Å². The van der Waals surface area contributed by atoms with Crippen LogP contribution in [0.4, 0.5) is 10.1 Å². The lowest BCUT2D eigenvalue weighted by molar-refractivity contribution is -0.118. The quantitative estimate of drug-likeness (QED) is 0.695. The van der Waals surface area contributed by atoms with E-state index in [1.165, 1.54) is 4.68 Å². The molecule has 3 atom stereocenters. The zero-order chi connectivity index (χ0) is 20.7. The van der Waals surface area contributed by atoms with E-state index in [4.69, 9.17) is 4.74 Å². The number of anilines is 1. The summed E-state index contributed by atoms with van der Waals surface area (Å²) in [6.45, 7) is -0.0411. The van der Waals surface area contributed by atoms with Crippen LogP contribution < -0.4 is 15.4 Å². The lowest BCUT2D eigenvalue weighted by Crippen LogP contribution is -2.46. The number of halogens is 1. The summed E-state index contributed by atoms with van der Waals surface area (Å²) < 4.78 is 21.6. The average Bonchev–Trinajstić information content (AvgIpc) is 3.28. The third kappa shape index (κ3) is 3.18. The summed E-state index contributed by atoms with van der Waals surface area (Å²) in [7, 11) is 0. The Labute approximate surface area is 171 Å². The van der Waals surface area contributed by atoms with Crippen molar-refractivity contribution < 1.29 is 18.7 Å². The van der Waals surface area contributed by atoms with E-state index < -0.39 is 24.0 Å². The summed E-state index contributed by atoms with van der Waals surface area (Å²) in [5, 5.41) is 9.53. The van der Waals surface area contributed by atoms with Gasteiger partial charge in [-0.05, 0) is 17.7 Å². The minimum atomic E-state index is -1.32. The van der Waals surface area contributed by atoms with Crippen LogP contribution >= 0.6 is 0 Å². The molecule has 5 rings (SSSR count). The predicted octanol–water partition coefficient (Wildman–Crippen LogP) is 2.41. The molecular formula is C21H18FN5O3. The Morgan fingerprint density at radius 2 is 1.93 bits per heavy atom. The first-order chi connectivity index (χ1) is 14.6. The van der Waals surface area contributed by atoms with E-state index >= 15 is 0 Å². The number of carbonyl (C=O) groups excluding carboxylic acids is 2.